The molecule has 3 rings (SSSR count). The van der Waals surface area contributed by atoms with Crippen molar-refractivity contribution in [3.63, 3.8) is 0 Å². The molecule has 156 valence electrons. The monoisotopic (exact) mass is 392 g/mol. The van der Waals surface area contributed by atoms with Gasteiger partial charge in [0.25, 0.3) is 5.91 Å². The Morgan fingerprint density at radius 2 is 1.75 bits per heavy atom. The van der Waals surface area contributed by atoms with Crippen LogP contribution in [0.3, 0.4) is 0 Å². The maximum Gasteiger partial charge on any atom is 0.255 e. The van der Waals surface area contributed by atoms with E-state index in [9.17, 15) is 4.79 Å². The molecule has 0 unspecified atom stereocenters. The largest absolute Gasteiger partial charge is 0.493 e. The highest BCUT2D eigenvalue weighted by molar-refractivity contribution is 5.85. The number of carbonyl (C=O) groups is 1. The van der Waals surface area contributed by atoms with E-state index in [0.29, 0.717) is 32.9 Å². The molecule has 0 aliphatic carbocycles. The van der Waals surface area contributed by atoms with Crippen molar-refractivity contribution in [2.45, 2.75) is 24.9 Å². The summed E-state index contributed by atoms with van der Waals surface area (Å²) in [6.45, 7) is 5.85. The first kappa shape index (κ1) is 20.9. The van der Waals surface area contributed by atoms with Gasteiger partial charge in [-0.3, -0.25) is 4.79 Å². The SMILES string of the molecule is COc1ccccc1OCCCN1CCC(OC)(C(=O)N2CCOCC2)CC1. The molecule has 0 radical (unpaired) electrons. The van der Waals surface area contributed by atoms with Gasteiger partial charge in [0.15, 0.2) is 11.5 Å². The van der Waals surface area contributed by atoms with Gasteiger partial charge in [-0.1, -0.05) is 12.1 Å². The highest BCUT2D eigenvalue weighted by Gasteiger charge is 2.44. The number of nitrogens with zero attached hydrogens (tertiary/aromatic N) is 2. The predicted molar refractivity (Wildman–Crippen MR) is 106 cm³/mol. The third-order valence-corrected chi connectivity index (χ3v) is 5.69. The average Bonchev–Trinajstić information content (AvgIpc) is 2.77. The maximum atomic E-state index is 13.0. The number of benzene rings is 1. The molecule has 1 aromatic rings. The van der Waals surface area contributed by atoms with Crippen LogP contribution in [0.2, 0.25) is 0 Å². The lowest BCUT2D eigenvalue weighted by molar-refractivity contribution is -0.165. The van der Waals surface area contributed by atoms with Crippen LogP contribution >= 0.6 is 0 Å². The van der Waals surface area contributed by atoms with Crippen LogP contribution in [0.4, 0.5) is 0 Å². The molecule has 2 saturated heterocycles. The summed E-state index contributed by atoms with van der Waals surface area (Å²) < 4.78 is 22.3. The number of piperidine rings is 1. The van der Waals surface area contributed by atoms with Gasteiger partial charge in [-0.2, -0.15) is 0 Å². The Bertz CT molecular complexity index is 625. The molecule has 7 heteroatoms. The molecule has 1 amide bonds. The summed E-state index contributed by atoms with van der Waals surface area (Å²) in [5, 5.41) is 0. The number of carbonyl (C=O) groups excluding carboxylic acids is 1. The second kappa shape index (κ2) is 10.1. The van der Waals surface area contributed by atoms with Gasteiger partial charge in [0.05, 0.1) is 26.9 Å². The predicted octanol–water partition coefficient (Wildman–Crippen LogP) is 1.80. The molecule has 2 aliphatic rings. The van der Waals surface area contributed by atoms with Gasteiger partial charge in [0, 0.05) is 39.8 Å². The van der Waals surface area contributed by atoms with Crippen LogP contribution in [0.1, 0.15) is 19.3 Å². The molecule has 0 aromatic heterocycles. The van der Waals surface area contributed by atoms with Crippen LogP contribution in [0.15, 0.2) is 24.3 Å². The van der Waals surface area contributed by atoms with E-state index in [4.69, 9.17) is 18.9 Å². The van der Waals surface area contributed by atoms with Crippen molar-refractivity contribution in [3.8, 4) is 11.5 Å². The van der Waals surface area contributed by atoms with Crippen molar-refractivity contribution in [2.24, 2.45) is 0 Å². The van der Waals surface area contributed by atoms with Gasteiger partial charge < -0.3 is 28.7 Å². The van der Waals surface area contributed by atoms with Crippen molar-refractivity contribution in [3.05, 3.63) is 24.3 Å². The number of amides is 1. The number of methoxy groups -OCH3 is 2. The second-order valence-electron chi connectivity index (χ2n) is 7.30. The van der Waals surface area contributed by atoms with Crippen molar-refractivity contribution in [1.82, 2.24) is 9.80 Å². The van der Waals surface area contributed by atoms with Gasteiger partial charge in [0.2, 0.25) is 0 Å². The number of para-hydroxylation sites is 2. The van der Waals surface area contributed by atoms with Crippen LogP contribution in [-0.4, -0.2) is 88.1 Å². The zero-order valence-corrected chi connectivity index (χ0v) is 17.0. The fraction of sp³-hybridized carbons (Fsp3) is 0.667. The summed E-state index contributed by atoms with van der Waals surface area (Å²) in [6.07, 6.45) is 2.38. The first-order valence-electron chi connectivity index (χ1n) is 10.1. The highest BCUT2D eigenvalue weighted by Crippen LogP contribution is 2.29. The molecule has 0 atom stereocenters. The summed E-state index contributed by atoms with van der Waals surface area (Å²) in [7, 11) is 3.31. The van der Waals surface area contributed by atoms with Crippen molar-refractivity contribution in [2.75, 3.05) is 66.8 Å². The van der Waals surface area contributed by atoms with E-state index >= 15 is 0 Å². The molecule has 7 nitrogen and oxygen atoms in total. The average molecular weight is 392 g/mol. The van der Waals surface area contributed by atoms with E-state index in [1.807, 2.05) is 29.2 Å². The Labute approximate surface area is 167 Å². The zero-order valence-electron chi connectivity index (χ0n) is 17.0. The van der Waals surface area contributed by atoms with E-state index in [2.05, 4.69) is 4.90 Å². The minimum Gasteiger partial charge on any atom is -0.493 e. The topological polar surface area (TPSA) is 60.5 Å². The van der Waals surface area contributed by atoms with E-state index in [0.717, 1.165) is 50.4 Å². The Morgan fingerprint density at radius 3 is 2.39 bits per heavy atom. The first-order chi connectivity index (χ1) is 13.7. The molecule has 28 heavy (non-hydrogen) atoms. The Morgan fingerprint density at radius 1 is 1.07 bits per heavy atom. The zero-order chi connectivity index (χ0) is 19.8. The summed E-state index contributed by atoms with van der Waals surface area (Å²) in [5.74, 6) is 1.66. The van der Waals surface area contributed by atoms with Crippen LogP contribution in [0, 0.1) is 0 Å². The Kier molecular flexibility index (Phi) is 7.53. The molecule has 2 fully saturated rings. The highest BCUT2D eigenvalue weighted by atomic mass is 16.5. The van der Waals surface area contributed by atoms with E-state index in [-0.39, 0.29) is 5.91 Å². The lowest BCUT2D eigenvalue weighted by Crippen LogP contribution is -2.58. The molecular weight excluding hydrogens is 360 g/mol. The fourth-order valence-electron chi connectivity index (χ4n) is 3.91. The third kappa shape index (κ3) is 4.96. The first-order valence-corrected chi connectivity index (χ1v) is 10.1. The van der Waals surface area contributed by atoms with Crippen molar-refractivity contribution < 1.29 is 23.7 Å². The third-order valence-electron chi connectivity index (χ3n) is 5.69. The van der Waals surface area contributed by atoms with Crippen molar-refractivity contribution in [1.29, 1.82) is 0 Å². The lowest BCUT2D eigenvalue weighted by atomic mass is 9.89. The van der Waals surface area contributed by atoms with Crippen LogP contribution in [0.5, 0.6) is 11.5 Å². The van der Waals surface area contributed by atoms with Gasteiger partial charge in [-0.15, -0.1) is 0 Å². The molecule has 0 N–H and O–H groups in total. The van der Waals surface area contributed by atoms with Crippen molar-refractivity contribution >= 4 is 5.91 Å². The Hall–Kier alpha value is -1.83. The second-order valence-corrected chi connectivity index (χ2v) is 7.30. The summed E-state index contributed by atoms with van der Waals surface area (Å²) >= 11 is 0. The molecule has 1 aromatic carbocycles. The van der Waals surface area contributed by atoms with Crippen LogP contribution < -0.4 is 9.47 Å². The molecule has 0 spiro atoms. The number of morpholine rings is 1. The Balaban J connectivity index is 1.42. The number of likely N-dealkylation sites (tertiary alicyclic amines) is 1. The number of rotatable bonds is 8. The number of hydrogen-bond acceptors (Lipinski definition) is 6. The van der Waals surface area contributed by atoms with Crippen LogP contribution in [-0.2, 0) is 14.3 Å². The summed E-state index contributed by atoms with van der Waals surface area (Å²) in [4.78, 5) is 17.3. The maximum absolute atomic E-state index is 13.0. The van der Waals surface area contributed by atoms with E-state index in [1.165, 1.54) is 0 Å². The summed E-state index contributed by atoms with van der Waals surface area (Å²) in [5.41, 5.74) is -0.679. The fourth-order valence-corrected chi connectivity index (χ4v) is 3.91. The van der Waals surface area contributed by atoms with Gasteiger partial charge >= 0.3 is 0 Å². The van der Waals surface area contributed by atoms with E-state index < -0.39 is 5.60 Å². The van der Waals surface area contributed by atoms with E-state index in [1.54, 1.807) is 14.2 Å². The van der Waals surface area contributed by atoms with Gasteiger partial charge in [-0.25, -0.2) is 0 Å². The molecule has 2 aliphatic heterocycles. The quantitative estimate of drug-likeness (QED) is 0.629. The standard InChI is InChI=1S/C21H32N2O5/c1-25-18-6-3-4-7-19(18)28-15-5-10-22-11-8-21(26-2,9-12-22)20(24)23-13-16-27-17-14-23/h3-4,6-7H,5,8-17H2,1-2H3. The minimum absolute atomic E-state index is 0.123. The molecule has 2 heterocycles. The molecular formula is C21H32N2O5. The van der Waals surface area contributed by atoms with Crippen LogP contribution in [0.25, 0.3) is 0 Å². The number of ether oxygens (including phenoxy) is 4. The van der Waals surface area contributed by atoms with Gasteiger partial charge in [0.1, 0.15) is 5.60 Å². The molecule has 0 saturated carbocycles. The minimum atomic E-state index is -0.679. The lowest BCUT2D eigenvalue weighted by Gasteiger charge is -2.42. The summed E-state index contributed by atoms with van der Waals surface area (Å²) in [6, 6.07) is 7.69. The smallest absolute Gasteiger partial charge is 0.255 e. The van der Waals surface area contributed by atoms with Gasteiger partial charge in [-0.05, 0) is 31.4 Å². The normalized spacial score (nSPS) is 20.0. The molecule has 0 bridgehead atoms. The number of hydrogen-bond donors (Lipinski definition) is 0.